The number of aromatic nitrogens is 2. The van der Waals surface area contributed by atoms with Crippen molar-refractivity contribution in [2.24, 2.45) is 0 Å². The Labute approximate surface area is 122 Å². The molecule has 19 heavy (non-hydrogen) atoms. The maximum atomic E-state index is 6.05. The van der Waals surface area contributed by atoms with Crippen LogP contribution in [-0.2, 0) is 11.3 Å². The zero-order valence-electron chi connectivity index (χ0n) is 10.3. The van der Waals surface area contributed by atoms with Crippen LogP contribution < -0.4 is 0 Å². The molecule has 100 valence electrons. The number of halogens is 2. The van der Waals surface area contributed by atoms with Gasteiger partial charge in [0.15, 0.2) is 0 Å². The van der Waals surface area contributed by atoms with E-state index in [1.165, 1.54) is 0 Å². The van der Waals surface area contributed by atoms with Crippen LogP contribution in [0.5, 0.6) is 0 Å². The smallest absolute Gasteiger partial charge is 0.101 e. The van der Waals surface area contributed by atoms with Crippen molar-refractivity contribution in [3.63, 3.8) is 0 Å². The van der Waals surface area contributed by atoms with Gasteiger partial charge in [0.2, 0.25) is 0 Å². The SMILES string of the molecule is C=CCO[C@@H](Cn1ccnc1)c1ccc(Cl)c(Cl)c1. The molecule has 0 N–H and O–H groups in total. The second-order valence-corrected chi connectivity index (χ2v) is 4.86. The Balaban J connectivity index is 2.20. The number of hydrogen-bond donors (Lipinski definition) is 0. The zero-order valence-corrected chi connectivity index (χ0v) is 11.8. The molecule has 1 atom stereocenters. The fraction of sp³-hybridized carbons (Fsp3) is 0.214. The van der Waals surface area contributed by atoms with Crippen LogP contribution in [0.25, 0.3) is 0 Å². The van der Waals surface area contributed by atoms with Crippen molar-refractivity contribution in [1.82, 2.24) is 9.55 Å². The van der Waals surface area contributed by atoms with Crippen molar-refractivity contribution in [1.29, 1.82) is 0 Å². The number of hydrogen-bond acceptors (Lipinski definition) is 2. The van der Waals surface area contributed by atoms with Crippen LogP contribution in [0, 0.1) is 0 Å². The van der Waals surface area contributed by atoms with E-state index in [-0.39, 0.29) is 6.10 Å². The summed E-state index contributed by atoms with van der Waals surface area (Å²) in [6, 6.07) is 5.52. The van der Waals surface area contributed by atoms with Gasteiger partial charge in [0.25, 0.3) is 0 Å². The molecule has 0 aliphatic heterocycles. The van der Waals surface area contributed by atoms with Gasteiger partial charge in [-0.25, -0.2) is 4.98 Å². The molecular weight excluding hydrogens is 283 g/mol. The molecule has 1 heterocycles. The lowest BCUT2D eigenvalue weighted by atomic mass is 10.1. The maximum Gasteiger partial charge on any atom is 0.101 e. The molecule has 0 fully saturated rings. The van der Waals surface area contributed by atoms with E-state index in [4.69, 9.17) is 27.9 Å². The van der Waals surface area contributed by atoms with Crippen LogP contribution in [0.4, 0.5) is 0 Å². The minimum Gasteiger partial charge on any atom is -0.368 e. The van der Waals surface area contributed by atoms with E-state index in [0.717, 1.165) is 5.56 Å². The lowest BCUT2D eigenvalue weighted by Crippen LogP contribution is -2.12. The quantitative estimate of drug-likeness (QED) is 0.749. The third-order valence-electron chi connectivity index (χ3n) is 2.67. The first-order valence-electron chi connectivity index (χ1n) is 5.84. The van der Waals surface area contributed by atoms with Crippen LogP contribution in [0.15, 0.2) is 49.6 Å². The lowest BCUT2D eigenvalue weighted by Gasteiger charge is -2.18. The average Bonchev–Trinajstić information content (AvgIpc) is 2.91. The van der Waals surface area contributed by atoms with Crippen LogP contribution in [0.1, 0.15) is 11.7 Å². The largest absolute Gasteiger partial charge is 0.368 e. The third-order valence-corrected chi connectivity index (χ3v) is 3.41. The van der Waals surface area contributed by atoms with Crippen LogP contribution in [0.2, 0.25) is 10.0 Å². The van der Waals surface area contributed by atoms with E-state index in [2.05, 4.69) is 11.6 Å². The first kappa shape index (κ1) is 14.1. The Morgan fingerprint density at radius 1 is 1.37 bits per heavy atom. The molecule has 1 aromatic carbocycles. The van der Waals surface area contributed by atoms with Gasteiger partial charge in [-0.1, -0.05) is 35.3 Å². The molecule has 0 spiro atoms. The van der Waals surface area contributed by atoms with Gasteiger partial charge in [-0.2, -0.15) is 0 Å². The van der Waals surface area contributed by atoms with Crippen molar-refractivity contribution < 1.29 is 4.74 Å². The summed E-state index contributed by atoms with van der Waals surface area (Å²) in [5.41, 5.74) is 0.977. The summed E-state index contributed by atoms with van der Waals surface area (Å²) in [5.74, 6) is 0. The number of rotatable bonds is 6. The Kier molecular flexibility index (Phi) is 5.02. The molecule has 0 amide bonds. The summed E-state index contributed by atoms with van der Waals surface area (Å²) in [7, 11) is 0. The minimum atomic E-state index is -0.123. The van der Waals surface area contributed by atoms with Gasteiger partial charge in [0.1, 0.15) is 6.10 Å². The standard InChI is InChI=1S/C14H14Cl2N2O/c1-2-7-19-14(9-18-6-5-17-10-18)11-3-4-12(15)13(16)8-11/h2-6,8,10,14H,1,7,9H2/t14-/m0/s1. The number of benzene rings is 1. The predicted molar refractivity (Wildman–Crippen MR) is 77.6 cm³/mol. The van der Waals surface area contributed by atoms with E-state index in [1.807, 2.05) is 22.9 Å². The van der Waals surface area contributed by atoms with Crippen LogP contribution in [0.3, 0.4) is 0 Å². The van der Waals surface area contributed by atoms with E-state index < -0.39 is 0 Å². The highest BCUT2D eigenvalue weighted by atomic mass is 35.5. The molecule has 0 aliphatic rings. The van der Waals surface area contributed by atoms with E-state index in [1.54, 1.807) is 24.7 Å². The molecule has 0 bridgehead atoms. The summed E-state index contributed by atoms with van der Waals surface area (Å²) in [5, 5.41) is 1.06. The van der Waals surface area contributed by atoms with Gasteiger partial charge < -0.3 is 9.30 Å². The molecule has 5 heteroatoms. The Morgan fingerprint density at radius 2 is 2.21 bits per heavy atom. The highest BCUT2D eigenvalue weighted by Gasteiger charge is 2.13. The molecule has 0 unspecified atom stereocenters. The molecule has 1 aromatic heterocycles. The fourth-order valence-electron chi connectivity index (χ4n) is 1.74. The summed E-state index contributed by atoms with van der Waals surface area (Å²) < 4.78 is 7.73. The third kappa shape index (κ3) is 3.83. The highest BCUT2D eigenvalue weighted by molar-refractivity contribution is 6.42. The zero-order chi connectivity index (χ0) is 13.7. The van der Waals surface area contributed by atoms with Gasteiger partial charge >= 0.3 is 0 Å². The van der Waals surface area contributed by atoms with Crippen molar-refractivity contribution >= 4 is 23.2 Å². The second-order valence-electron chi connectivity index (χ2n) is 4.04. The number of nitrogens with zero attached hydrogens (tertiary/aromatic N) is 2. The Bertz CT molecular complexity index is 540. The summed E-state index contributed by atoms with van der Waals surface area (Å²) in [4.78, 5) is 4.02. The van der Waals surface area contributed by atoms with E-state index in [9.17, 15) is 0 Å². The molecule has 3 nitrogen and oxygen atoms in total. The van der Waals surface area contributed by atoms with Crippen LogP contribution >= 0.6 is 23.2 Å². The van der Waals surface area contributed by atoms with Crippen molar-refractivity contribution in [2.45, 2.75) is 12.6 Å². The monoisotopic (exact) mass is 296 g/mol. The number of imidazole rings is 1. The molecule has 2 aromatic rings. The van der Waals surface area contributed by atoms with Gasteiger partial charge in [-0.15, -0.1) is 6.58 Å². The Hall–Kier alpha value is -1.29. The van der Waals surface area contributed by atoms with E-state index in [0.29, 0.717) is 23.2 Å². The molecule has 0 saturated carbocycles. The van der Waals surface area contributed by atoms with E-state index >= 15 is 0 Å². The summed E-state index contributed by atoms with van der Waals surface area (Å²) >= 11 is 12.0. The second kappa shape index (κ2) is 6.75. The van der Waals surface area contributed by atoms with Crippen molar-refractivity contribution in [2.75, 3.05) is 6.61 Å². The maximum absolute atomic E-state index is 6.05. The Morgan fingerprint density at radius 3 is 2.84 bits per heavy atom. The topological polar surface area (TPSA) is 27.1 Å². The number of ether oxygens (including phenoxy) is 1. The first-order chi connectivity index (χ1) is 9.20. The minimum absolute atomic E-state index is 0.123. The normalized spacial score (nSPS) is 12.3. The first-order valence-corrected chi connectivity index (χ1v) is 6.59. The highest BCUT2D eigenvalue weighted by Crippen LogP contribution is 2.28. The van der Waals surface area contributed by atoms with Gasteiger partial charge in [0, 0.05) is 12.4 Å². The molecule has 0 aliphatic carbocycles. The summed E-state index contributed by atoms with van der Waals surface area (Å²) in [6.45, 7) is 4.79. The summed E-state index contributed by atoms with van der Waals surface area (Å²) in [6.07, 6.45) is 6.98. The molecule has 0 radical (unpaired) electrons. The molecule has 2 rings (SSSR count). The predicted octanol–water partition coefficient (Wildman–Crippen LogP) is 4.13. The molecular formula is C14H14Cl2N2O. The fourth-order valence-corrected chi connectivity index (χ4v) is 2.04. The average molecular weight is 297 g/mol. The van der Waals surface area contributed by atoms with Gasteiger partial charge in [0.05, 0.1) is 29.5 Å². The van der Waals surface area contributed by atoms with Crippen molar-refractivity contribution in [3.8, 4) is 0 Å². The van der Waals surface area contributed by atoms with Gasteiger partial charge in [-0.3, -0.25) is 0 Å². The molecule has 0 saturated heterocycles. The van der Waals surface area contributed by atoms with Gasteiger partial charge in [-0.05, 0) is 17.7 Å². The lowest BCUT2D eigenvalue weighted by molar-refractivity contribution is 0.0607. The van der Waals surface area contributed by atoms with Crippen molar-refractivity contribution in [3.05, 3.63) is 65.2 Å². The van der Waals surface area contributed by atoms with Crippen LogP contribution in [-0.4, -0.2) is 16.2 Å².